The van der Waals surface area contributed by atoms with E-state index in [1.807, 2.05) is 20.8 Å². The van der Waals surface area contributed by atoms with Crippen molar-refractivity contribution >= 4 is 5.91 Å². The van der Waals surface area contributed by atoms with E-state index in [9.17, 15) is 4.79 Å². The van der Waals surface area contributed by atoms with Gasteiger partial charge in [-0.3, -0.25) is 4.79 Å². The Labute approximate surface area is 92.1 Å². The van der Waals surface area contributed by atoms with Crippen molar-refractivity contribution in [2.45, 2.75) is 33.6 Å². The van der Waals surface area contributed by atoms with Crippen LogP contribution in [0.25, 0.3) is 0 Å². The molecule has 84 valence electrons. The number of hydrogen-bond acceptors (Lipinski definition) is 1. The predicted molar refractivity (Wildman–Crippen MR) is 61.3 cm³/mol. The molecular formula is C13H21NO. The first-order valence-corrected chi connectivity index (χ1v) is 5.93. The lowest BCUT2D eigenvalue weighted by molar-refractivity contribution is -0.128. The van der Waals surface area contributed by atoms with Crippen LogP contribution >= 0.6 is 0 Å². The lowest BCUT2D eigenvalue weighted by Gasteiger charge is -2.22. The lowest BCUT2D eigenvalue weighted by atomic mass is 9.92. The fourth-order valence-electron chi connectivity index (χ4n) is 2.62. The second kappa shape index (κ2) is 3.66. The Bertz CT molecular complexity index is 287. The third-order valence-corrected chi connectivity index (χ3v) is 3.62. The molecule has 3 atom stereocenters. The minimum atomic E-state index is -0.256. The Hall–Kier alpha value is -0.790. The van der Waals surface area contributed by atoms with E-state index in [1.54, 1.807) is 0 Å². The third-order valence-electron chi connectivity index (χ3n) is 3.62. The molecule has 0 spiro atoms. The first-order chi connectivity index (χ1) is 6.97. The largest absolute Gasteiger partial charge is 0.355 e. The van der Waals surface area contributed by atoms with Gasteiger partial charge in [-0.25, -0.2) is 0 Å². The van der Waals surface area contributed by atoms with Crippen LogP contribution in [0, 0.1) is 23.2 Å². The minimum Gasteiger partial charge on any atom is -0.355 e. The van der Waals surface area contributed by atoms with Gasteiger partial charge in [-0.2, -0.15) is 0 Å². The molecule has 1 amide bonds. The zero-order valence-corrected chi connectivity index (χ0v) is 9.92. The molecule has 2 nitrogen and oxygen atoms in total. The van der Waals surface area contributed by atoms with Crippen LogP contribution < -0.4 is 5.32 Å². The molecule has 0 radical (unpaired) electrons. The second-order valence-corrected chi connectivity index (χ2v) is 6.00. The van der Waals surface area contributed by atoms with Gasteiger partial charge in [0, 0.05) is 12.0 Å². The van der Waals surface area contributed by atoms with Gasteiger partial charge in [0.25, 0.3) is 0 Å². The molecular weight excluding hydrogens is 186 g/mol. The topological polar surface area (TPSA) is 29.1 Å². The zero-order chi connectivity index (χ0) is 11.1. The maximum absolute atomic E-state index is 11.7. The molecule has 0 aliphatic heterocycles. The van der Waals surface area contributed by atoms with Gasteiger partial charge in [0.2, 0.25) is 5.91 Å². The van der Waals surface area contributed by atoms with E-state index in [2.05, 4.69) is 17.5 Å². The Morgan fingerprint density at radius 1 is 1.33 bits per heavy atom. The van der Waals surface area contributed by atoms with Crippen LogP contribution in [-0.2, 0) is 4.79 Å². The molecule has 0 aromatic carbocycles. The van der Waals surface area contributed by atoms with Gasteiger partial charge in [-0.05, 0) is 30.6 Å². The zero-order valence-electron chi connectivity index (χ0n) is 9.92. The number of rotatable bonds is 2. The number of nitrogens with one attached hydrogen (secondary N) is 1. The van der Waals surface area contributed by atoms with Gasteiger partial charge in [0.15, 0.2) is 0 Å². The monoisotopic (exact) mass is 207 g/mol. The SMILES string of the molecule is CC(C)(C)C(=O)NCC1CC2C=CC1C2. The highest BCUT2D eigenvalue weighted by Gasteiger charge is 2.35. The first kappa shape index (κ1) is 10.7. The standard InChI is InChI=1S/C13H21NO/c1-13(2,3)12(15)14-8-11-7-9-4-5-10(11)6-9/h4-5,9-11H,6-8H2,1-3H3,(H,14,15). The van der Waals surface area contributed by atoms with Crippen molar-refractivity contribution in [3.8, 4) is 0 Å². The van der Waals surface area contributed by atoms with Crippen LogP contribution in [0.15, 0.2) is 12.2 Å². The van der Waals surface area contributed by atoms with Crippen molar-refractivity contribution in [2.75, 3.05) is 6.54 Å². The van der Waals surface area contributed by atoms with Crippen LogP contribution in [0.2, 0.25) is 0 Å². The van der Waals surface area contributed by atoms with Crippen LogP contribution in [0.3, 0.4) is 0 Å². The van der Waals surface area contributed by atoms with Crippen LogP contribution in [0.5, 0.6) is 0 Å². The molecule has 3 unspecified atom stereocenters. The minimum absolute atomic E-state index is 0.175. The average Bonchev–Trinajstić information content (AvgIpc) is 2.73. The highest BCUT2D eigenvalue weighted by atomic mass is 16.2. The van der Waals surface area contributed by atoms with E-state index in [0.29, 0.717) is 5.92 Å². The van der Waals surface area contributed by atoms with E-state index in [-0.39, 0.29) is 11.3 Å². The van der Waals surface area contributed by atoms with Crippen LogP contribution in [-0.4, -0.2) is 12.5 Å². The highest BCUT2D eigenvalue weighted by molar-refractivity contribution is 5.81. The molecule has 2 aliphatic rings. The molecule has 2 heteroatoms. The Kier molecular flexibility index (Phi) is 2.61. The van der Waals surface area contributed by atoms with Gasteiger partial charge in [0.05, 0.1) is 0 Å². The molecule has 2 rings (SSSR count). The Morgan fingerprint density at radius 3 is 2.53 bits per heavy atom. The van der Waals surface area contributed by atoms with E-state index in [4.69, 9.17) is 0 Å². The second-order valence-electron chi connectivity index (χ2n) is 6.00. The van der Waals surface area contributed by atoms with Crippen molar-refractivity contribution in [2.24, 2.45) is 23.2 Å². The van der Waals surface area contributed by atoms with E-state index >= 15 is 0 Å². The van der Waals surface area contributed by atoms with Gasteiger partial charge >= 0.3 is 0 Å². The number of carbonyl (C=O) groups is 1. The molecule has 15 heavy (non-hydrogen) atoms. The summed E-state index contributed by atoms with van der Waals surface area (Å²) >= 11 is 0. The summed E-state index contributed by atoms with van der Waals surface area (Å²) in [6.07, 6.45) is 7.26. The lowest BCUT2D eigenvalue weighted by Crippen LogP contribution is -2.38. The summed E-state index contributed by atoms with van der Waals surface area (Å²) in [4.78, 5) is 11.7. The van der Waals surface area contributed by atoms with Gasteiger partial charge in [-0.1, -0.05) is 32.9 Å². The molecule has 0 heterocycles. The predicted octanol–water partition coefficient (Wildman–Crippen LogP) is 2.36. The molecule has 0 saturated heterocycles. The summed E-state index contributed by atoms with van der Waals surface area (Å²) in [5.41, 5.74) is -0.256. The van der Waals surface area contributed by atoms with Crippen molar-refractivity contribution in [3.63, 3.8) is 0 Å². The van der Waals surface area contributed by atoms with E-state index in [0.717, 1.165) is 18.4 Å². The normalized spacial score (nSPS) is 33.4. The molecule has 1 N–H and O–H groups in total. The van der Waals surface area contributed by atoms with E-state index in [1.165, 1.54) is 12.8 Å². The summed E-state index contributed by atoms with van der Waals surface area (Å²) in [5, 5.41) is 3.08. The van der Waals surface area contributed by atoms with Crippen molar-refractivity contribution in [1.82, 2.24) is 5.32 Å². The maximum Gasteiger partial charge on any atom is 0.225 e. The fourth-order valence-corrected chi connectivity index (χ4v) is 2.62. The number of carbonyl (C=O) groups excluding carboxylic acids is 1. The molecule has 2 bridgehead atoms. The molecule has 1 saturated carbocycles. The quantitative estimate of drug-likeness (QED) is 0.692. The first-order valence-electron chi connectivity index (χ1n) is 5.93. The highest BCUT2D eigenvalue weighted by Crippen LogP contribution is 2.42. The summed E-state index contributed by atoms with van der Waals surface area (Å²) in [5.74, 6) is 2.39. The average molecular weight is 207 g/mol. The smallest absolute Gasteiger partial charge is 0.225 e. The third kappa shape index (κ3) is 2.24. The Morgan fingerprint density at radius 2 is 2.07 bits per heavy atom. The maximum atomic E-state index is 11.7. The summed E-state index contributed by atoms with van der Waals surface area (Å²) in [7, 11) is 0. The van der Waals surface area contributed by atoms with Crippen LogP contribution in [0.1, 0.15) is 33.6 Å². The van der Waals surface area contributed by atoms with Crippen LogP contribution in [0.4, 0.5) is 0 Å². The van der Waals surface area contributed by atoms with Gasteiger partial charge in [0.1, 0.15) is 0 Å². The van der Waals surface area contributed by atoms with E-state index < -0.39 is 0 Å². The number of fused-ring (bicyclic) bond motifs is 2. The number of hydrogen-bond donors (Lipinski definition) is 1. The van der Waals surface area contributed by atoms with Gasteiger partial charge in [-0.15, -0.1) is 0 Å². The fraction of sp³-hybridized carbons (Fsp3) is 0.769. The van der Waals surface area contributed by atoms with Crippen molar-refractivity contribution < 1.29 is 4.79 Å². The Balaban J connectivity index is 1.80. The van der Waals surface area contributed by atoms with Crippen molar-refractivity contribution in [1.29, 1.82) is 0 Å². The number of amides is 1. The molecule has 2 aliphatic carbocycles. The summed E-state index contributed by atoms with van der Waals surface area (Å²) in [6.45, 7) is 6.75. The summed E-state index contributed by atoms with van der Waals surface area (Å²) in [6, 6.07) is 0. The molecule has 1 fully saturated rings. The molecule has 0 aromatic rings. The van der Waals surface area contributed by atoms with Crippen molar-refractivity contribution in [3.05, 3.63) is 12.2 Å². The van der Waals surface area contributed by atoms with Gasteiger partial charge < -0.3 is 5.32 Å². The number of allylic oxidation sites excluding steroid dienone is 2. The molecule has 0 aromatic heterocycles. The summed E-state index contributed by atoms with van der Waals surface area (Å²) < 4.78 is 0.